The number of carbonyl (C=O) groups excluding carboxylic acids is 1. The first-order chi connectivity index (χ1) is 7.65. The molecule has 0 spiro atoms. The molecule has 1 aromatic carbocycles. The molecule has 0 aromatic heterocycles. The molecule has 0 saturated carbocycles. The summed E-state index contributed by atoms with van der Waals surface area (Å²) in [7, 11) is 3.32. The maximum absolute atomic E-state index is 11.5. The zero-order chi connectivity index (χ0) is 12.0. The Bertz CT molecular complexity index is 371. The van der Waals surface area contributed by atoms with Crippen LogP contribution in [0.15, 0.2) is 42.3 Å². The van der Waals surface area contributed by atoms with Crippen LogP contribution in [0.2, 0.25) is 0 Å². The number of ether oxygens (including phenoxy) is 1. The zero-order valence-corrected chi connectivity index (χ0v) is 9.38. The molecule has 0 fully saturated rings. The fourth-order valence-corrected chi connectivity index (χ4v) is 1.15. The minimum atomic E-state index is -0.545. The molecular formula is C12H15NO3. The Morgan fingerprint density at radius 3 is 2.50 bits per heavy atom. The summed E-state index contributed by atoms with van der Waals surface area (Å²) < 4.78 is 5.03. The summed E-state index contributed by atoms with van der Waals surface area (Å²) in [5.41, 5.74) is 1.03. The average Bonchev–Trinajstić information content (AvgIpc) is 2.28. The molecule has 0 unspecified atom stereocenters. The maximum atomic E-state index is 11.5. The monoisotopic (exact) mass is 221 g/mol. The van der Waals surface area contributed by atoms with E-state index in [4.69, 9.17) is 9.84 Å². The Morgan fingerprint density at radius 2 is 2.00 bits per heavy atom. The van der Waals surface area contributed by atoms with Crippen molar-refractivity contribution in [2.75, 3.05) is 14.1 Å². The summed E-state index contributed by atoms with van der Waals surface area (Å²) in [5.74, 6) is -0.545. The number of nitrogens with zero attached hydrogens (tertiary/aromatic N) is 1. The molecule has 4 nitrogen and oxygen atoms in total. The van der Waals surface area contributed by atoms with Gasteiger partial charge in [0.25, 0.3) is 0 Å². The van der Waals surface area contributed by atoms with Crippen LogP contribution in [-0.4, -0.2) is 30.1 Å². The molecule has 0 atom stereocenters. The number of benzene rings is 1. The number of carbonyl (C=O) groups is 1. The van der Waals surface area contributed by atoms with Crippen LogP contribution in [0.4, 0.5) is 0 Å². The SMILES string of the molecule is CN(C)C(=CO)C(=O)OCc1ccccc1. The van der Waals surface area contributed by atoms with E-state index in [1.165, 1.54) is 4.90 Å². The van der Waals surface area contributed by atoms with Gasteiger partial charge in [-0.2, -0.15) is 0 Å². The van der Waals surface area contributed by atoms with E-state index >= 15 is 0 Å². The molecule has 16 heavy (non-hydrogen) atoms. The lowest BCUT2D eigenvalue weighted by Crippen LogP contribution is -2.21. The van der Waals surface area contributed by atoms with Crippen molar-refractivity contribution in [2.45, 2.75) is 6.61 Å². The normalized spacial score (nSPS) is 11.0. The van der Waals surface area contributed by atoms with Gasteiger partial charge < -0.3 is 14.7 Å². The molecular weight excluding hydrogens is 206 g/mol. The summed E-state index contributed by atoms with van der Waals surface area (Å²) in [6.45, 7) is 0.199. The molecule has 86 valence electrons. The summed E-state index contributed by atoms with van der Waals surface area (Å²) in [4.78, 5) is 13.0. The van der Waals surface area contributed by atoms with Crippen molar-refractivity contribution < 1.29 is 14.6 Å². The highest BCUT2D eigenvalue weighted by atomic mass is 16.5. The zero-order valence-electron chi connectivity index (χ0n) is 9.38. The van der Waals surface area contributed by atoms with Crippen LogP contribution < -0.4 is 0 Å². The predicted octanol–water partition coefficient (Wildman–Crippen LogP) is 1.69. The number of hydrogen-bond acceptors (Lipinski definition) is 4. The van der Waals surface area contributed by atoms with Gasteiger partial charge in [-0.05, 0) is 5.56 Å². The molecule has 0 aliphatic heterocycles. The third-order valence-corrected chi connectivity index (χ3v) is 2.03. The van der Waals surface area contributed by atoms with E-state index in [0.29, 0.717) is 0 Å². The first-order valence-electron chi connectivity index (χ1n) is 4.88. The van der Waals surface area contributed by atoms with E-state index in [2.05, 4.69) is 0 Å². The van der Waals surface area contributed by atoms with Gasteiger partial charge in [-0.15, -0.1) is 0 Å². The van der Waals surface area contributed by atoms with Gasteiger partial charge in [0.05, 0.1) is 0 Å². The van der Waals surface area contributed by atoms with E-state index < -0.39 is 5.97 Å². The molecule has 0 amide bonds. The van der Waals surface area contributed by atoms with Gasteiger partial charge in [0.1, 0.15) is 12.9 Å². The Hall–Kier alpha value is -1.97. The fraction of sp³-hybridized carbons (Fsp3) is 0.250. The number of esters is 1. The van der Waals surface area contributed by atoms with Crippen molar-refractivity contribution in [3.8, 4) is 0 Å². The second-order valence-electron chi connectivity index (χ2n) is 3.47. The van der Waals surface area contributed by atoms with Crippen molar-refractivity contribution in [3.05, 3.63) is 47.9 Å². The van der Waals surface area contributed by atoms with Gasteiger partial charge in [-0.3, -0.25) is 0 Å². The number of likely N-dealkylation sites (N-methyl/N-ethyl adjacent to an activating group) is 1. The van der Waals surface area contributed by atoms with E-state index in [1.54, 1.807) is 14.1 Å². The molecule has 0 aliphatic carbocycles. The highest BCUT2D eigenvalue weighted by molar-refractivity contribution is 5.87. The second-order valence-corrected chi connectivity index (χ2v) is 3.47. The summed E-state index contributed by atoms with van der Waals surface area (Å²) >= 11 is 0. The van der Waals surface area contributed by atoms with Gasteiger partial charge in [-0.25, -0.2) is 4.79 Å². The van der Waals surface area contributed by atoms with Crippen molar-refractivity contribution >= 4 is 5.97 Å². The number of hydrogen-bond donors (Lipinski definition) is 1. The van der Waals surface area contributed by atoms with Crippen LogP contribution >= 0.6 is 0 Å². The van der Waals surface area contributed by atoms with Crippen LogP contribution in [0.1, 0.15) is 5.56 Å². The standard InChI is InChI=1S/C12H15NO3/c1-13(2)11(8-14)12(15)16-9-10-6-4-3-5-7-10/h3-8,14H,9H2,1-2H3. The van der Waals surface area contributed by atoms with Gasteiger partial charge in [-0.1, -0.05) is 30.3 Å². The van der Waals surface area contributed by atoms with Crippen LogP contribution in [0.25, 0.3) is 0 Å². The first-order valence-corrected chi connectivity index (χ1v) is 4.88. The number of aliphatic hydroxyl groups is 1. The molecule has 0 radical (unpaired) electrons. The molecule has 4 heteroatoms. The van der Waals surface area contributed by atoms with Gasteiger partial charge in [0, 0.05) is 14.1 Å². The van der Waals surface area contributed by atoms with Crippen molar-refractivity contribution in [2.24, 2.45) is 0 Å². The fourth-order valence-electron chi connectivity index (χ4n) is 1.15. The Labute approximate surface area is 94.8 Å². The minimum absolute atomic E-state index is 0.121. The third-order valence-electron chi connectivity index (χ3n) is 2.03. The second kappa shape index (κ2) is 5.80. The van der Waals surface area contributed by atoms with Gasteiger partial charge >= 0.3 is 5.97 Å². The summed E-state index contributed by atoms with van der Waals surface area (Å²) in [5, 5.41) is 8.86. The number of aliphatic hydroxyl groups excluding tert-OH is 1. The van der Waals surface area contributed by atoms with Crippen molar-refractivity contribution in [1.82, 2.24) is 4.90 Å². The van der Waals surface area contributed by atoms with Crippen LogP contribution in [0.3, 0.4) is 0 Å². The lowest BCUT2D eigenvalue weighted by Gasteiger charge is -2.14. The van der Waals surface area contributed by atoms with E-state index in [0.717, 1.165) is 11.8 Å². The molecule has 1 N–H and O–H groups in total. The molecule has 0 heterocycles. The van der Waals surface area contributed by atoms with E-state index in [9.17, 15) is 4.79 Å². The Kier molecular flexibility index (Phi) is 4.39. The maximum Gasteiger partial charge on any atom is 0.358 e. The van der Waals surface area contributed by atoms with E-state index in [-0.39, 0.29) is 12.3 Å². The summed E-state index contributed by atoms with van der Waals surface area (Å²) in [6.07, 6.45) is 0.743. The van der Waals surface area contributed by atoms with Crippen LogP contribution in [0, 0.1) is 0 Å². The Morgan fingerprint density at radius 1 is 1.38 bits per heavy atom. The molecule has 0 saturated heterocycles. The lowest BCUT2D eigenvalue weighted by atomic mass is 10.2. The largest absolute Gasteiger partial charge is 0.513 e. The van der Waals surface area contributed by atoms with Crippen molar-refractivity contribution in [1.29, 1.82) is 0 Å². The van der Waals surface area contributed by atoms with Crippen LogP contribution in [-0.2, 0) is 16.1 Å². The highest BCUT2D eigenvalue weighted by Crippen LogP contribution is 2.05. The Balaban J connectivity index is 2.53. The lowest BCUT2D eigenvalue weighted by molar-refractivity contribution is -0.142. The van der Waals surface area contributed by atoms with Gasteiger partial charge in [0.15, 0.2) is 5.70 Å². The van der Waals surface area contributed by atoms with Gasteiger partial charge in [0.2, 0.25) is 0 Å². The average molecular weight is 221 g/mol. The van der Waals surface area contributed by atoms with Crippen LogP contribution in [0.5, 0.6) is 0 Å². The molecule has 0 bridgehead atoms. The predicted molar refractivity (Wildman–Crippen MR) is 60.6 cm³/mol. The third kappa shape index (κ3) is 3.31. The number of rotatable bonds is 4. The van der Waals surface area contributed by atoms with Crippen molar-refractivity contribution in [3.63, 3.8) is 0 Å². The quantitative estimate of drug-likeness (QED) is 0.477. The smallest absolute Gasteiger partial charge is 0.358 e. The molecule has 1 rings (SSSR count). The summed E-state index contributed by atoms with van der Waals surface area (Å²) in [6, 6.07) is 9.37. The topological polar surface area (TPSA) is 49.8 Å². The van der Waals surface area contributed by atoms with E-state index in [1.807, 2.05) is 30.3 Å². The highest BCUT2D eigenvalue weighted by Gasteiger charge is 2.13. The molecule has 0 aliphatic rings. The minimum Gasteiger partial charge on any atom is -0.513 e. The first kappa shape index (κ1) is 12.1. The molecule has 1 aromatic rings.